The van der Waals surface area contributed by atoms with Gasteiger partial charge in [0, 0.05) is 16.7 Å². The van der Waals surface area contributed by atoms with E-state index in [0.717, 1.165) is 19.3 Å². The number of fused-ring (bicyclic) bond motifs is 1. The van der Waals surface area contributed by atoms with Gasteiger partial charge in [-0.1, -0.05) is 36.4 Å². The largest absolute Gasteiger partial charge is 0.507 e. The number of ketones is 2. The molecule has 0 heterocycles. The summed E-state index contributed by atoms with van der Waals surface area (Å²) in [5.74, 6) is -0.847. The third-order valence-corrected chi connectivity index (χ3v) is 4.01. The summed E-state index contributed by atoms with van der Waals surface area (Å²) < 4.78 is 0. The molecule has 2 aliphatic carbocycles. The van der Waals surface area contributed by atoms with Crippen LogP contribution in [0, 0.1) is 5.92 Å². The second kappa shape index (κ2) is 5.08. The average Bonchev–Trinajstić information content (AvgIpc) is 2.50. The van der Waals surface area contributed by atoms with E-state index >= 15 is 0 Å². The minimum absolute atomic E-state index is 0.0239. The lowest BCUT2D eigenvalue weighted by Gasteiger charge is -2.21. The molecular weight excluding hydrogens is 252 g/mol. The molecule has 0 radical (unpaired) electrons. The minimum atomic E-state index is -0.555. The number of allylic oxidation sites excluding steroid dienone is 3. The zero-order chi connectivity index (χ0) is 14.1. The van der Waals surface area contributed by atoms with Gasteiger partial charge in [-0.2, -0.15) is 0 Å². The highest BCUT2D eigenvalue weighted by molar-refractivity contribution is 6.52. The van der Waals surface area contributed by atoms with Crippen LogP contribution in [0.15, 0.2) is 42.0 Å². The topological polar surface area (TPSA) is 54.4 Å². The van der Waals surface area contributed by atoms with Gasteiger partial charge in [-0.25, -0.2) is 0 Å². The summed E-state index contributed by atoms with van der Waals surface area (Å²) in [6.45, 7) is 0. The molecule has 102 valence electrons. The van der Waals surface area contributed by atoms with E-state index in [1.54, 1.807) is 24.3 Å². The summed E-state index contributed by atoms with van der Waals surface area (Å²) in [6.07, 6.45) is 7.79. The second-order valence-corrected chi connectivity index (χ2v) is 5.35. The van der Waals surface area contributed by atoms with Crippen molar-refractivity contribution in [3.63, 3.8) is 0 Å². The number of hydrogen-bond acceptors (Lipinski definition) is 3. The molecule has 3 rings (SSSR count). The molecule has 1 atom stereocenters. The molecule has 20 heavy (non-hydrogen) atoms. The first-order valence-electron chi connectivity index (χ1n) is 6.95. The van der Waals surface area contributed by atoms with E-state index in [0.29, 0.717) is 17.5 Å². The molecule has 1 unspecified atom stereocenters. The van der Waals surface area contributed by atoms with E-state index < -0.39 is 11.6 Å². The molecule has 0 aromatic heterocycles. The first-order chi connectivity index (χ1) is 9.68. The number of rotatable bonds is 2. The first-order valence-corrected chi connectivity index (χ1v) is 6.95. The Bertz CT molecular complexity index is 637. The number of carbonyl (C=O) groups excluding carboxylic acids is 2. The molecule has 1 aromatic carbocycles. The predicted molar refractivity (Wildman–Crippen MR) is 76.4 cm³/mol. The quantitative estimate of drug-likeness (QED) is 0.660. The molecular formula is C17H16O3. The minimum Gasteiger partial charge on any atom is -0.507 e. The van der Waals surface area contributed by atoms with Crippen molar-refractivity contribution >= 4 is 17.3 Å². The van der Waals surface area contributed by atoms with Crippen LogP contribution in [0.5, 0.6) is 0 Å². The fourth-order valence-electron chi connectivity index (χ4n) is 2.92. The van der Waals surface area contributed by atoms with Crippen molar-refractivity contribution in [3.05, 3.63) is 53.1 Å². The van der Waals surface area contributed by atoms with Crippen molar-refractivity contribution < 1.29 is 14.7 Å². The van der Waals surface area contributed by atoms with Crippen LogP contribution in [0.3, 0.4) is 0 Å². The van der Waals surface area contributed by atoms with Gasteiger partial charge in [-0.05, 0) is 31.6 Å². The highest BCUT2D eigenvalue weighted by Gasteiger charge is 2.33. The van der Waals surface area contributed by atoms with Crippen LogP contribution in [-0.4, -0.2) is 16.7 Å². The molecule has 1 aromatic rings. The predicted octanol–water partition coefficient (Wildman–Crippen LogP) is 3.47. The highest BCUT2D eigenvalue weighted by atomic mass is 16.3. The number of Topliss-reactive ketones (excluding diaryl/α,β-unsaturated/α-hetero) is 2. The van der Waals surface area contributed by atoms with E-state index in [4.69, 9.17) is 0 Å². The van der Waals surface area contributed by atoms with Crippen LogP contribution in [0.25, 0.3) is 5.76 Å². The van der Waals surface area contributed by atoms with Crippen LogP contribution in [-0.2, 0) is 4.79 Å². The number of aliphatic hydroxyl groups excluding tert-OH is 1. The molecule has 3 heteroatoms. The van der Waals surface area contributed by atoms with E-state index in [2.05, 4.69) is 12.2 Å². The van der Waals surface area contributed by atoms with Crippen molar-refractivity contribution in [2.75, 3.05) is 0 Å². The first kappa shape index (κ1) is 12.9. The zero-order valence-electron chi connectivity index (χ0n) is 11.1. The fourth-order valence-corrected chi connectivity index (χ4v) is 2.92. The van der Waals surface area contributed by atoms with Crippen molar-refractivity contribution in [1.82, 2.24) is 0 Å². The Balaban J connectivity index is 2.00. The smallest absolute Gasteiger partial charge is 0.234 e. The normalized spacial score (nSPS) is 22.1. The Morgan fingerprint density at radius 3 is 2.55 bits per heavy atom. The maximum absolute atomic E-state index is 12.2. The second-order valence-electron chi connectivity index (χ2n) is 5.35. The van der Waals surface area contributed by atoms with Gasteiger partial charge in [0.05, 0.1) is 0 Å². The molecule has 0 spiro atoms. The molecule has 0 bridgehead atoms. The lowest BCUT2D eigenvalue weighted by molar-refractivity contribution is -0.112. The van der Waals surface area contributed by atoms with Gasteiger partial charge in [0.15, 0.2) is 0 Å². The molecule has 2 aliphatic rings. The summed E-state index contributed by atoms with van der Waals surface area (Å²) in [5.41, 5.74) is 1.05. The Kier molecular flexibility index (Phi) is 3.26. The Morgan fingerprint density at radius 1 is 1.10 bits per heavy atom. The van der Waals surface area contributed by atoms with Gasteiger partial charge in [0.1, 0.15) is 5.76 Å². The number of hydrogen-bond donors (Lipinski definition) is 1. The average molecular weight is 268 g/mol. The van der Waals surface area contributed by atoms with Crippen LogP contribution in [0.2, 0.25) is 0 Å². The van der Waals surface area contributed by atoms with Gasteiger partial charge >= 0.3 is 0 Å². The Hall–Kier alpha value is -2.16. The number of benzene rings is 1. The van der Waals surface area contributed by atoms with Crippen LogP contribution in [0.4, 0.5) is 0 Å². The van der Waals surface area contributed by atoms with Gasteiger partial charge in [-0.3, -0.25) is 9.59 Å². The lowest BCUT2D eigenvalue weighted by atomic mass is 9.82. The van der Waals surface area contributed by atoms with Gasteiger partial charge in [0.25, 0.3) is 0 Å². The van der Waals surface area contributed by atoms with E-state index in [-0.39, 0.29) is 17.3 Å². The van der Waals surface area contributed by atoms with Crippen molar-refractivity contribution in [1.29, 1.82) is 0 Å². The highest BCUT2D eigenvalue weighted by Crippen LogP contribution is 2.33. The van der Waals surface area contributed by atoms with E-state index in [9.17, 15) is 14.7 Å². The SMILES string of the molecule is O=C1C(=O)c2ccccc2C(O)=C1CC1C=CCCC1. The van der Waals surface area contributed by atoms with Crippen molar-refractivity contribution in [3.8, 4) is 0 Å². The van der Waals surface area contributed by atoms with Gasteiger partial charge in [0.2, 0.25) is 11.6 Å². The Labute approximate surface area is 117 Å². The maximum atomic E-state index is 12.2. The third kappa shape index (κ3) is 2.09. The number of aliphatic hydroxyl groups is 1. The maximum Gasteiger partial charge on any atom is 0.234 e. The summed E-state index contributed by atoms with van der Waals surface area (Å²) in [6, 6.07) is 6.73. The zero-order valence-corrected chi connectivity index (χ0v) is 11.1. The van der Waals surface area contributed by atoms with Gasteiger partial charge in [-0.15, -0.1) is 0 Å². The molecule has 0 saturated carbocycles. The summed E-state index contributed by atoms with van der Waals surface area (Å²) in [7, 11) is 0. The molecule has 3 nitrogen and oxygen atoms in total. The van der Waals surface area contributed by atoms with Gasteiger partial charge < -0.3 is 5.11 Å². The summed E-state index contributed by atoms with van der Waals surface area (Å²) >= 11 is 0. The van der Waals surface area contributed by atoms with Crippen LogP contribution < -0.4 is 0 Å². The Morgan fingerprint density at radius 2 is 1.85 bits per heavy atom. The lowest BCUT2D eigenvalue weighted by Crippen LogP contribution is -2.25. The molecule has 0 aliphatic heterocycles. The van der Waals surface area contributed by atoms with E-state index in [1.165, 1.54) is 0 Å². The monoisotopic (exact) mass is 268 g/mol. The molecule has 0 amide bonds. The van der Waals surface area contributed by atoms with Crippen LogP contribution >= 0.6 is 0 Å². The summed E-state index contributed by atoms with van der Waals surface area (Å²) in [5, 5.41) is 10.3. The molecule has 1 N–H and O–H groups in total. The standard InChI is InChI=1S/C17H16O3/c18-15-12-8-4-5-9-13(12)16(19)17(20)14(15)10-11-6-2-1-3-7-11/h2,4-6,8-9,11,18H,1,3,7,10H2. The molecule has 0 saturated heterocycles. The van der Waals surface area contributed by atoms with Crippen LogP contribution in [0.1, 0.15) is 41.6 Å². The third-order valence-electron chi connectivity index (χ3n) is 4.01. The van der Waals surface area contributed by atoms with Crippen molar-refractivity contribution in [2.45, 2.75) is 25.7 Å². The fraction of sp³-hybridized carbons (Fsp3) is 0.294. The summed E-state index contributed by atoms with van der Waals surface area (Å²) in [4.78, 5) is 24.3. The van der Waals surface area contributed by atoms with Crippen molar-refractivity contribution in [2.24, 2.45) is 5.92 Å². The number of carbonyl (C=O) groups is 2. The molecule has 0 fully saturated rings. The van der Waals surface area contributed by atoms with E-state index in [1.807, 2.05) is 0 Å².